The Morgan fingerprint density at radius 2 is 2.07 bits per heavy atom. The van der Waals surface area contributed by atoms with E-state index in [1.54, 1.807) is 6.20 Å². The molecule has 0 bridgehead atoms. The van der Waals surface area contributed by atoms with Crippen molar-refractivity contribution in [1.29, 1.82) is 0 Å². The molecule has 1 saturated carbocycles. The van der Waals surface area contributed by atoms with Crippen LogP contribution < -0.4 is 10.0 Å². The summed E-state index contributed by atoms with van der Waals surface area (Å²) in [7, 11) is 0. The molecule has 5 heteroatoms. The van der Waals surface area contributed by atoms with Crippen LogP contribution in [0.25, 0.3) is 0 Å². The second-order valence-corrected chi connectivity index (χ2v) is 10.5. The maximum atomic E-state index is 14.1. The largest absolute Gasteiger partial charge is 0.618 e. The van der Waals surface area contributed by atoms with Crippen LogP contribution in [0.5, 0.6) is 0 Å². The summed E-state index contributed by atoms with van der Waals surface area (Å²) in [6.07, 6.45) is 13.3. The van der Waals surface area contributed by atoms with Crippen LogP contribution in [0.3, 0.4) is 0 Å². The lowest BCUT2D eigenvalue weighted by atomic mass is 9.64. The fraction of sp³-hybridized carbons (Fsp3) is 0.760. The van der Waals surface area contributed by atoms with Crippen molar-refractivity contribution in [2.75, 3.05) is 19.6 Å². The number of hydrogen-bond acceptors (Lipinski definition) is 3. The van der Waals surface area contributed by atoms with Gasteiger partial charge in [0.25, 0.3) is 0 Å². The molecule has 1 amide bonds. The molecular weight excluding hydrogens is 374 g/mol. The molecule has 0 aromatic carbocycles. The standard InChI is InChI=1S/C25H37N3O2/c1-18-11-14-27(23(15-18)19-7-3-2-4-8-19)24(29)21-16-26-17-25(21)12-5-10-22-20(25)9-6-13-28(22)30/h6,9,13,18-19,21,23,26H,2-5,7-8,10-12,14-17H2,1H3. The predicted octanol–water partition coefficient (Wildman–Crippen LogP) is 3.32. The van der Waals surface area contributed by atoms with Gasteiger partial charge in [-0.2, -0.15) is 4.73 Å². The number of carbonyl (C=O) groups excluding carboxylic acids is 1. The van der Waals surface area contributed by atoms with Crippen LogP contribution in [-0.4, -0.2) is 36.5 Å². The number of likely N-dealkylation sites (tertiary alicyclic amines) is 1. The molecule has 2 saturated heterocycles. The summed E-state index contributed by atoms with van der Waals surface area (Å²) in [4.78, 5) is 16.4. The van der Waals surface area contributed by atoms with Crippen molar-refractivity contribution in [3.8, 4) is 0 Å². The van der Waals surface area contributed by atoms with Crippen molar-refractivity contribution >= 4 is 5.91 Å². The van der Waals surface area contributed by atoms with Gasteiger partial charge in [-0.05, 0) is 56.4 Å². The molecule has 5 rings (SSSR count). The van der Waals surface area contributed by atoms with Gasteiger partial charge in [-0.15, -0.1) is 0 Å². The summed E-state index contributed by atoms with van der Waals surface area (Å²) in [5.41, 5.74) is 1.81. The van der Waals surface area contributed by atoms with E-state index in [1.165, 1.54) is 38.5 Å². The SMILES string of the molecule is CC1CCN(C(=O)C2CNCC23CCCc2c3ccc[n+]2[O-])C(C2CCCCC2)C1. The molecule has 5 nitrogen and oxygen atoms in total. The lowest BCUT2D eigenvalue weighted by molar-refractivity contribution is -0.615. The van der Waals surface area contributed by atoms with Crippen LogP contribution in [-0.2, 0) is 16.6 Å². The Balaban J connectivity index is 1.46. The van der Waals surface area contributed by atoms with Gasteiger partial charge in [0.05, 0.1) is 5.92 Å². The topological polar surface area (TPSA) is 59.3 Å². The third kappa shape index (κ3) is 3.34. The molecule has 4 aliphatic rings. The van der Waals surface area contributed by atoms with Crippen LogP contribution >= 0.6 is 0 Å². The molecule has 164 valence electrons. The van der Waals surface area contributed by atoms with Gasteiger partial charge in [0.2, 0.25) is 5.91 Å². The third-order valence-electron chi connectivity index (χ3n) is 8.77. The molecule has 2 aliphatic heterocycles. The van der Waals surface area contributed by atoms with E-state index in [0.29, 0.717) is 23.8 Å². The van der Waals surface area contributed by atoms with Crippen molar-refractivity contribution in [3.05, 3.63) is 34.8 Å². The number of piperidine rings is 1. The summed E-state index contributed by atoms with van der Waals surface area (Å²) in [6.45, 7) is 4.84. The van der Waals surface area contributed by atoms with Gasteiger partial charge >= 0.3 is 0 Å². The number of nitrogens with zero attached hydrogens (tertiary/aromatic N) is 2. The van der Waals surface area contributed by atoms with E-state index in [9.17, 15) is 10.0 Å². The number of aromatic nitrogens is 1. The highest BCUT2D eigenvalue weighted by Crippen LogP contribution is 2.46. The number of nitrogens with one attached hydrogen (secondary N) is 1. The smallest absolute Gasteiger partial charge is 0.228 e. The zero-order valence-corrected chi connectivity index (χ0v) is 18.4. The highest BCUT2D eigenvalue weighted by atomic mass is 16.5. The molecule has 0 radical (unpaired) electrons. The second kappa shape index (κ2) is 8.14. The number of rotatable bonds is 2. The summed E-state index contributed by atoms with van der Waals surface area (Å²) in [5.74, 6) is 1.71. The molecule has 3 heterocycles. The van der Waals surface area contributed by atoms with Gasteiger partial charge in [-0.25, -0.2) is 0 Å². The molecule has 30 heavy (non-hydrogen) atoms. The average Bonchev–Trinajstić information content (AvgIpc) is 3.19. The van der Waals surface area contributed by atoms with Gasteiger partial charge in [-0.1, -0.05) is 26.2 Å². The summed E-state index contributed by atoms with van der Waals surface area (Å²) < 4.78 is 1.05. The Morgan fingerprint density at radius 3 is 2.90 bits per heavy atom. The first kappa shape index (κ1) is 20.3. The molecule has 1 N–H and O–H groups in total. The lowest BCUT2D eigenvalue weighted by Gasteiger charge is -2.47. The number of hydrogen-bond donors (Lipinski definition) is 1. The molecule has 1 aromatic heterocycles. The van der Waals surface area contributed by atoms with Crippen LogP contribution in [0.2, 0.25) is 0 Å². The quantitative estimate of drug-likeness (QED) is 0.600. The van der Waals surface area contributed by atoms with Gasteiger partial charge in [0.1, 0.15) is 0 Å². The van der Waals surface area contributed by atoms with Crippen LogP contribution in [0, 0.1) is 23.0 Å². The molecule has 4 atom stereocenters. The minimum absolute atomic E-state index is 0.0431. The van der Waals surface area contributed by atoms with Crippen molar-refractivity contribution in [3.63, 3.8) is 0 Å². The highest BCUT2D eigenvalue weighted by molar-refractivity contribution is 5.82. The zero-order chi connectivity index (χ0) is 20.7. The first-order valence-electron chi connectivity index (χ1n) is 12.3. The molecule has 4 unspecified atom stereocenters. The van der Waals surface area contributed by atoms with Gasteiger partial charge < -0.3 is 15.4 Å². The minimum Gasteiger partial charge on any atom is -0.618 e. The van der Waals surface area contributed by atoms with E-state index in [0.717, 1.165) is 61.3 Å². The monoisotopic (exact) mass is 411 g/mol. The predicted molar refractivity (Wildman–Crippen MR) is 117 cm³/mol. The zero-order valence-electron chi connectivity index (χ0n) is 18.4. The fourth-order valence-electron chi connectivity index (χ4n) is 7.18. The van der Waals surface area contributed by atoms with Crippen molar-refractivity contribution in [2.45, 2.75) is 82.6 Å². The van der Waals surface area contributed by atoms with Gasteiger partial charge in [-0.3, -0.25) is 4.79 Å². The Labute approximate surface area is 180 Å². The minimum atomic E-state index is -0.210. The van der Waals surface area contributed by atoms with Crippen LogP contribution in [0.4, 0.5) is 0 Å². The normalized spacial score (nSPS) is 34.8. The van der Waals surface area contributed by atoms with E-state index in [-0.39, 0.29) is 11.3 Å². The maximum Gasteiger partial charge on any atom is 0.228 e. The van der Waals surface area contributed by atoms with Gasteiger partial charge in [0, 0.05) is 49.1 Å². The number of carbonyl (C=O) groups is 1. The van der Waals surface area contributed by atoms with E-state index < -0.39 is 0 Å². The van der Waals surface area contributed by atoms with Crippen LogP contribution in [0.1, 0.15) is 76.0 Å². The molecule has 2 aliphatic carbocycles. The number of pyridine rings is 1. The number of amides is 1. The Hall–Kier alpha value is -1.62. The Morgan fingerprint density at radius 1 is 1.23 bits per heavy atom. The molecular formula is C25H37N3O2. The second-order valence-electron chi connectivity index (χ2n) is 10.5. The van der Waals surface area contributed by atoms with Crippen molar-refractivity contribution < 1.29 is 9.52 Å². The molecule has 3 fully saturated rings. The van der Waals surface area contributed by atoms with E-state index in [2.05, 4.69) is 23.2 Å². The van der Waals surface area contributed by atoms with Crippen molar-refractivity contribution in [1.82, 2.24) is 10.2 Å². The average molecular weight is 412 g/mol. The molecule has 1 spiro atoms. The summed E-state index contributed by atoms with van der Waals surface area (Å²) >= 11 is 0. The summed E-state index contributed by atoms with van der Waals surface area (Å²) in [5, 5.41) is 16.0. The Bertz CT molecular complexity index is 791. The lowest BCUT2D eigenvalue weighted by Crippen LogP contribution is -2.55. The highest BCUT2D eigenvalue weighted by Gasteiger charge is 2.53. The number of fused-ring (bicyclic) bond motifs is 2. The third-order valence-corrected chi connectivity index (χ3v) is 8.77. The fourth-order valence-corrected chi connectivity index (χ4v) is 7.18. The summed E-state index contributed by atoms with van der Waals surface area (Å²) in [6, 6.07) is 4.40. The Kier molecular flexibility index (Phi) is 5.51. The van der Waals surface area contributed by atoms with E-state index in [1.807, 2.05) is 6.07 Å². The van der Waals surface area contributed by atoms with Crippen molar-refractivity contribution in [2.24, 2.45) is 17.8 Å². The molecule has 1 aromatic rings. The van der Waals surface area contributed by atoms with Gasteiger partial charge in [0.15, 0.2) is 11.9 Å². The van der Waals surface area contributed by atoms with Crippen LogP contribution in [0.15, 0.2) is 18.3 Å². The van der Waals surface area contributed by atoms with E-state index in [4.69, 9.17) is 0 Å². The van der Waals surface area contributed by atoms with E-state index >= 15 is 0 Å². The first-order chi connectivity index (χ1) is 14.6. The maximum absolute atomic E-state index is 14.1. The first-order valence-corrected chi connectivity index (χ1v) is 12.3.